The van der Waals surface area contributed by atoms with Gasteiger partial charge >= 0.3 is 6.18 Å². The highest BCUT2D eigenvalue weighted by Gasteiger charge is 2.31. The van der Waals surface area contributed by atoms with Crippen molar-refractivity contribution in [1.29, 1.82) is 0 Å². The molecule has 0 aliphatic carbocycles. The van der Waals surface area contributed by atoms with E-state index in [1.807, 2.05) is 16.3 Å². The van der Waals surface area contributed by atoms with Gasteiger partial charge in [-0.15, -0.1) is 11.3 Å². The molecule has 0 atom stereocenters. The van der Waals surface area contributed by atoms with E-state index in [2.05, 4.69) is 5.32 Å². The highest BCUT2D eigenvalue weighted by Crippen LogP contribution is 2.33. The number of anilines is 1. The van der Waals surface area contributed by atoms with Gasteiger partial charge in [0, 0.05) is 26.2 Å². The zero-order valence-corrected chi connectivity index (χ0v) is 16.2. The molecule has 10 heteroatoms. The molecule has 2 amide bonds. The van der Waals surface area contributed by atoms with E-state index in [1.54, 1.807) is 11.0 Å². The summed E-state index contributed by atoms with van der Waals surface area (Å²) in [6.45, 7) is 1.97. The van der Waals surface area contributed by atoms with Crippen LogP contribution in [0.1, 0.15) is 15.2 Å². The lowest BCUT2D eigenvalue weighted by Gasteiger charge is -2.34. The predicted molar refractivity (Wildman–Crippen MR) is 102 cm³/mol. The molecule has 2 aromatic rings. The van der Waals surface area contributed by atoms with Gasteiger partial charge < -0.3 is 10.2 Å². The van der Waals surface area contributed by atoms with Gasteiger partial charge in [-0.3, -0.25) is 14.5 Å². The molecule has 1 aliphatic rings. The number of amides is 2. The van der Waals surface area contributed by atoms with E-state index >= 15 is 0 Å². The maximum Gasteiger partial charge on any atom is 0.416 e. The first kappa shape index (κ1) is 20.6. The molecule has 1 saturated heterocycles. The molecule has 1 aromatic heterocycles. The van der Waals surface area contributed by atoms with Crippen molar-refractivity contribution in [3.8, 4) is 0 Å². The third-order valence-electron chi connectivity index (χ3n) is 4.33. The number of halogens is 4. The number of thiophene rings is 1. The summed E-state index contributed by atoms with van der Waals surface area (Å²) in [5, 5.41) is 4.31. The predicted octanol–water partition coefficient (Wildman–Crippen LogP) is 3.82. The number of nitrogens with one attached hydrogen (secondary N) is 1. The first-order valence-corrected chi connectivity index (χ1v) is 9.71. The summed E-state index contributed by atoms with van der Waals surface area (Å²) in [5.41, 5.74) is -0.957. The Balaban J connectivity index is 1.53. The Hall–Kier alpha value is -2.10. The summed E-state index contributed by atoms with van der Waals surface area (Å²) in [7, 11) is 0. The number of rotatable bonds is 4. The molecule has 1 aliphatic heterocycles. The second-order valence-corrected chi connectivity index (χ2v) is 7.64. The van der Waals surface area contributed by atoms with Crippen molar-refractivity contribution >= 4 is 40.4 Å². The molecule has 1 N–H and O–H groups in total. The molecular weight excluding hydrogens is 415 g/mol. The number of benzene rings is 1. The van der Waals surface area contributed by atoms with Crippen LogP contribution in [0.5, 0.6) is 0 Å². The second-order valence-electron chi connectivity index (χ2n) is 6.29. The molecule has 0 saturated carbocycles. The maximum atomic E-state index is 12.8. The van der Waals surface area contributed by atoms with E-state index in [4.69, 9.17) is 11.6 Å². The van der Waals surface area contributed by atoms with Crippen LogP contribution in [0.4, 0.5) is 18.9 Å². The Morgan fingerprint density at radius 2 is 1.86 bits per heavy atom. The number of nitrogens with zero attached hydrogens (tertiary/aromatic N) is 2. The molecule has 150 valence electrons. The summed E-state index contributed by atoms with van der Waals surface area (Å²) in [5.74, 6) is -0.492. The highest BCUT2D eigenvalue weighted by atomic mass is 35.5. The largest absolute Gasteiger partial charge is 0.416 e. The number of carbonyl (C=O) groups excluding carboxylic acids is 2. The fourth-order valence-corrected chi connectivity index (χ4v) is 3.71. The van der Waals surface area contributed by atoms with Crippen LogP contribution in [0.3, 0.4) is 0 Å². The maximum absolute atomic E-state index is 12.8. The molecule has 1 fully saturated rings. The fourth-order valence-electron chi connectivity index (χ4n) is 2.86. The lowest BCUT2D eigenvalue weighted by Crippen LogP contribution is -2.50. The lowest BCUT2D eigenvalue weighted by atomic mass is 10.2. The summed E-state index contributed by atoms with van der Waals surface area (Å²) >= 11 is 7.28. The van der Waals surface area contributed by atoms with E-state index in [0.29, 0.717) is 31.1 Å². The quantitative estimate of drug-likeness (QED) is 0.800. The first-order chi connectivity index (χ1) is 13.2. The van der Waals surface area contributed by atoms with Crippen molar-refractivity contribution < 1.29 is 22.8 Å². The van der Waals surface area contributed by atoms with Crippen LogP contribution < -0.4 is 5.32 Å². The molecular formula is C18H17ClF3N3O2S. The van der Waals surface area contributed by atoms with Gasteiger partial charge in [-0.05, 0) is 29.6 Å². The van der Waals surface area contributed by atoms with E-state index in [1.165, 1.54) is 11.3 Å². The normalized spacial score (nSPS) is 15.5. The minimum atomic E-state index is -4.52. The van der Waals surface area contributed by atoms with Gasteiger partial charge in [0.1, 0.15) is 0 Å². The summed E-state index contributed by atoms with van der Waals surface area (Å²) in [6, 6.07) is 6.37. The van der Waals surface area contributed by atoms with Crippen LogP contribution in [0.2, 0.25) is 5.02 Å². The van der Waals surface area contributed by atoms with Crippen molar-refractivity contribution in [2.75, 3.05) is 38.0 Å². The van der Waals surface area contributed by atoms with Crippen LogP contribution >= 0.6 is 22.9 Å². The number of hydrogen-bond donors (Lipinski definition) is 1. The third kappa shape index (κ3) is 5.03. The summed E-state index contributed by atoms with van der Waals surface area (Å²) in [4.78, 5) is 28.8. The molecule has 28 heavy (non-hydrogen) atoms. The Morgan fingerprint density at radius 3 is 2.46 bits per heavy atom. The first-order valence-electron chi connectivity index (χ1n) is 8.46. The molecule has 3 rings (SSSR count). The third-order valence-corrected chi connectivity index (χ3v) is 5.51. The molecule has 0 unspecified atom stereocenters. The summed E-state index contributed by atoms with van der Waals surface area (Å²) < 4.78 is 38.5. The zero-order chi connectivity index (χ0) is 20.3. The number of alkyl halides is 3. The molecule has 1 aromatic carbocycles. The zero-order valence-electron chi connectivity index (χ0n) is 14.6. The van der Waals surface area contributed by atoms with Gasteiger partial charge in [-0.2, -0.15) is 13.2 Å². The van der Waals surface area contributed by atoms with Crippen LogP contribution in [-0.2, 0) is 11.0 Å². The molecule has 2 heterocycles. The molecule has 0 bridgehead atoms. The second kappa shape index (κ2) is 8.50. The minimum Gasteiger partial charge on any atom is -0.335 e. The van der Waals surface area contributed by atoms with Gasteiger partial charge in [-0.1, -0.05) is 17.7 Å². The summed E-state index contributed by atoms with van der Waals surface area (Å²) in [6.07, 6.45) is -4.52. The minimum absolute atomic E-state index is 0.00755. The van der Waals surface area contributed by atoms with Gasteiger partial charge in [-0.25, -0.2) is 0 Å². The van der Waals surface area contributed by atoms with Crippen LogP contribution in [0.15, 0.2) is 35.7 Å². The van der Waals surface area contributed by atoms with Crippen molar-refractivity contribution in [2.45, 2.75) is 6.18 Å². The van der Waals surface area contributed by atoms with Crippen LogP contribution in [0, 0.1) is 0 Å². The standard InChI is InChI=1S/C18H17ClF3N3O2S/c19-13-4-3-12(18(20,21)22)10-14(13)23-16(26)11-24-5-7-25(8-6-24)17(27)15-2-1-9-28-15/h1-4,9-10H,5-8,11H2,(H,23,26). The molecule has 0 spiro atoms. The number of piperazine rings is 1. The number of carbonyl (C=O) groups is 2. The molecule has 5 nitrogen and oxygen atoms in total. The van der Waals surface area contributed by atoms with Gasteiger partial charge in [0.2, 0.25) is 5.91 Å². The topological polar surface area (TPSA) is 52.7 Å². The smallest absolute Gasteiger partial charge is 0.335 e. The van der Waals surface area contributed by atoms with Crippen molar-refractivity contribution in [2.24, 2.45) is 0 Å². The van der Waals surface area contributed by atoms with Crippen LogP contribution in [0.25, 0.3) is 0 Å². The fraction of sp³-hybridized carbons (Fsp3) is 0.333. The van der Waals surface area contributed by atoms with E-state index in [0.717, 1.165) is 18.2 Å². The van der Waals surface area contributed by atoms with E-state index in [9.17, 15) is 22.8 Å². The van der Waals surface area contributed by atoms with E-state index < -0.39 is 17.6 Å². The van der Waals surface area contributed by atoms with E-state index in [-0.39, 0.29) is 23.2 Å². The average molecular weight is 432 g/mol. The van der Waals surface area contributed by atoms with Crippen molar-refractivity contribution in [3.05, 3.63) is 51.2 Å². The number of hydrogen-bond acceptors (Lipinski definition) is 4. The van der Waals surface area contributed by atoms with Crippen LogP contribution in [-0.4, -0.2) is 54.3 Å². The lowest BCUT2D eigenvalue weighted by molar-refractivity contribution is -0.137. The SMILES string of the molecule is O=C(CN1CCN(C(=O)c2cccs2)CC1)Nc1cc(C(F)(F)F)ccc1Cl. The van der Waals surface area contributed by atoms with Crippen molar-refractivity contribution in [3.63, 3.8) is 0 Å². The monoisotopic (exact) mass is 431 g/mol. The average Bonchev–Trinajstić information content (AvgIpc) is 3.17. The molecule has 0 radical (unpaired) electrons. The Bertz CT molecular complexity index is 850. The highest BCUT2D eigenvalue weighted by molar-refractivity contribution is 7.12. The Labute approximate surface area is 168 Å². The Morgan fingerprint density at radius 1 is 1.14 bits per heavy atom. The van der Waals surface area contributed by atoms with Crippen molar-refractivity contribution in [1.82, 2.24) is 9.80 Å². The van der Waals surface area contributed by atoms with Gasteiger partial charge in [0.25, 0.3) is 5.91 Å². The van der Waals surface area contributed by atoms with Gasteiger partial charge in [0.05, 0.1) is 27.7 Å². The van der Waals surface area contributed by atoms with Gasteiger partial charge in [0.15, 0.2) is 0 Å². The Kier molecular flexibility index (Phi) is 6.26.